The number of carbonyl (C=O) groups excluding carboxylic acids is 1. The van der Waals surface area contributed by atoms with Crippen LogP contribution in [0, 0.1) is 0 Å². The van der Waals surface area contributed by atoms with Crippen molar-refractivity contribution in [2.45, 2.75) is 26.4 Å². The fourth-order valence-electron chi connectivity index (χ4n) is 1.04. The lowest BCUT2D eigenvalue weighted by Crippen LogP contribution is -2.15. The molecule has 0 amide bonds. The molecular weight excluding hydrogens is 178 g/mol. The number of nitrogens with zero attached hydrogens (tertiary/aromatic N) is 1. The van der Waals surface area contributed by atoms with Crippen LogP contribution < -0.4 is 0 Å². The summed E-state index contributed by atoms with van der Waals surface area (Å²) in [7, 11) is 0. The molecule has 1 rings (SSSR count). The summed E-state index contributed by atoms with van der Waals surface area (Å²) in [5.74, 6) is 0.0895. The number of ether oxygens (including phenoxy) is 1. The minimum Gasteiger partial charge on any atom is -0.371 e. The largest absolute Gasteiger partial charge is 0.371 e. The second-order valence-corrected chi connectivity index (χ2v) is 3.44. The third-order valence-electron chi connectivity index (χ3n) is 1.70. The van der Waals surface area contributed by atoms with E-state index in [-0.39, 0.29) is 18.5 Å². The molecule has 0 radical (unpaired) electrons. The van der Waals surface area contributed by atoms with Gasteiger partial charge in [0.2, 0.25) is 0 Å². The number of hydrogen-bond acceptors (Lipinski definition) is 3. The predicted octanol–water partition coefficient (Wildman–Crippen LogP) is 1.62. The lowest BCUT2D eigenvalue weighted by atomic mass is 10.1. The van der Waals surface area contributed by atoms with Crippen molar-refractivity contribution in [1.82, 2.24) is 4.98 Å². The number of hydrogen-bond donors (Lipinski definition) is 0. The Labute approximate surface area is 84.1 Å². The van der Waals surface area contributed by atoms with Gasteiger partial charge < -0.3 is 4.74 Å². The lowest BCUT2D eigenvalue weighted by Gasteiger charge is -2.05. The molecule has 0 aliphatic rings. The maximum Gasteiger partial charge on any atom is 0.162 e. The van der Waals surface area contributed by atoms with E-state index in [1.165, 1.54) is 0 Å². The molecule has 76 valence electrons. The summed E-state index contributed by atoms with van der Waals surface area (Å²) in [5.41, 5.74) is 0.935. The van der Waals surface area contributed by atoms with E-state index in [4.69, 9.17) is 4.74 Å². The van der Waals surface area contributed by atoms with Crippen molar-refractivity contribution in [2.75, 3.05) is 6.61 Å². The van der Waals surface area contributed by atoms with E-state index in [0.29, 0.717) is 6.42 Å². The van der Waals surface area contributed by atoms with E-state index in [1.807, 2.05) is 26.0 Å². The molecule has 0 aromatic carbocycles. The van der Waals surface area contributed by atoms with Gasteiger partial charge in [-0.3, -0.25) is 9.78 Å². The van der Waals surface area contributed by atoms with Crippen molar-refractivity contribution < 1.29 is 9.53 Å². The Bertz CT molecular complexity index is 283. The maximum absolute atomic E-state index is 11.4. The Morgan fingerprint density at radius 1 is 1.57 bits per heavy atom. The SMILES string of the molecule is CC(C)OCC(=O)Cc1cccnc1. The quantitative estimate of drug-likeness (QED) is 0.713. The van der Waals surface area contributed by atoms with Gasteiger partial charge in [0.15, 0.2) is 5.78 Å². The molecule has 0 aliphatic heterocycles. The first-order valence-electron chi connectivity index (χ1n) is 4.70. The molecule has 3 nitrogen and oxygen atoms in total. The number of Topliss-reactive ketones (excluding diaryl/α,β-unsaturated/α-hetero) is 1. The van der Waals surface area contributed by atoms with Gasteiger partial charge in [-0.25, -0.2) is 0 Å². The highest BCUT2D eigenvalue weighted by molar-refractivity contribution is 5.81. The fraction of sp³-hybridized carbons (Fsp3) is 0.455. The summed E-state index contributed by atoms with van der Waals surface area (Å²) in [6.07, 6.45) is 3.90. The first-order valence-corrected chi connectivity index (χ1v) is 4.70. The maximum atomic E-state index is 11.4. The van der Waals surface area contributed by atoms with Crippen molar-refractivity contribution in [3.63, 3.8) is 0 Å². The van der Waals surface area contributed by atoms with Gasteiger partial charge in [0.25, 0.3) is 0 Å². The molecule has 0 N–H and O–H groups in total. The third-order valence-corrected chi connectivity index (χ3v) is 1.70. The minimum absolute atomic E-state index is 0.0895. The van der Waals surface area contributed by atoms with E-state index >= 15 is 0 Å². The Kier molecular flexibility index (Phi) is 4.26. The first kappa shape index (κ1) is 10.9. The molecule has 1 aromatic heterocycles. The number of rotatable bonds is 5. The highest BCUT2D eigenvalue weighted by atomic mass is 16.5. The standard InChI is InChI=1S/C11H15NO2/c1-9(2)14-8-11(13)6-10-4-3-5-12-7-10/h3-5,7,9H,6,8H2,1-2H3. The van der Waals surface area contributed by atoms with Crippen LogP contribution in [0.15, 0.2) is 24.5 Å². The van der Waals surface area contributed by atoms with Gasteiger partial charge in [-0.1, -0.05) is 6.07 Å². The van der Waals surface area contributed by atoms with Crippen molar-refractivity contribution in [1.29, 1.82) is 0 Å². The zero-order valence-electron chi connectivity index (χ0n) is 8.56. The molecule has 0 saturated carbocycles. The molecule has 0 fully saturated rings. The van der Waals surface area contributed by atoms with Crippen LogP contribution in [0.25, 0.3) is 0 Å². The van der Waals surface area contributed by atoms with Crippen LogP contribution in [0.3, 0.4) is 0 Å². The minimum atomic E-state index is 0.0895. The molecule has 14 heavy (non-hydrogen) atoms. The van der Waals surface area contributed by atoms with Gasteiger partial charge in [0, 0.05) is 18.8 Å². The first-order chi connectivity index (χ1) is 6.68. The fourth-order valence-corrected chi connectivity index (χ4v) is 1.04. The van der Waals surface area contributed by atoms with Crippen LogP contribution in [-0.4, -0.2) is 23.5 Å². The van der Waals surface area contributed by atoms with Crippen molar-refractivity contribution in [2.24, 2.45) is 0 Å². The van der Waals surface area contributed by atoms with E-state index in [2.05, 4.69) is 4.98 Å². The highest BCUT2D eigenvalue weighted by Gasteiger charge is 2.04. The summed E-state index contributed by atoms with van der Waals surface area (Å²) in [6.45, 7) is 4.02. The molecule has 0 saturated heterocycles. The second-order valence-electron chi connectivity index (χ2n) is 3.44. The summed E-state index contributed by atoms with van der Waals surface area (Å²) < 4.78 is 5.21. The molecule has 0 unspecified atom stereocenters. The highest BCUT2D eigenvalue weighted by Crippen LogP contribution is 1.98. The van der Waals surface area contributed by atoms with E-state index in [9.17, 15) is 4.79 Å². The Morgan fingerprint density at radius 2 is 2.36 bits per heavy atom. The number of pyridine rings is 1. The smallest absolute Gasteiger partial charge is 0.162 e. The van der Waals surface area contributed by atoms with Gasteiger partial charge in [-0.2, -0.15) is 0 Å². The van der Waals surface area contributed by atoms with E-state index in [1.54, 1.807) is 12.4 Å². The number of ketones is 1. The van der Waals surface area contributed by atoms with Crippen LogP contribution >= 0.6 is 0 Å². The van der Waals surface area contributed by atoms with Gasteiger partial charge >= 0.3 is 0 Å². The van der Waals surface area contributed by atoms with E-state index in [0.717, 1.165) is 5.56 Å². The topological polar surface area (TPSA) is 39.2 Å². The Balaban J connectivity index is 2.35. The normalized spacial score (nSPS) is 10.5. The molecular formula is C11H15NO2. The molecule has 0 bridgehead atoms. The molecule has 1 heterocycles. The molecule has 1 aromatic rings. The summed E-state index contributed by atoms with van der Waals surface area (Å²) in [4.78, 5) is 15.3. The van der Waals surface area contributed by atoms with Crippen LogP contribution in [0.5, 0.6) is 0 Å². The van der Waals surface area contributed by atoms with Crippen LogP contribution in [0.4, 0.5) is 0 Å². The Morgan fingerprint density at radius 3 is 2.93 bits per heavy atom. The van der Waals surface area contributed by atoms with Crippen molar-refractivity contribution >= 4 is 5.78 Å². The monoisotopic (exact) mass is 193 g/mol. The number of carbonyl (C=O) groups is 1. The average molecular weight is 193 g/mol. The van der Waals surface area contributed by atoms with E-state index < -0.39 is 0 Å². The van der Waals surface area contributed by atoms with Crippen LogP contribution in [0.2, 0.25) is 0 Å². The summed E-state index contributed by atoms with van der Waals surface area (Å²) in [5, 5.41) is 0. The van der Waals surface area contributed by atoms with Crippen molar-refractivity contribution in [3.8, 4) is 0 Å². The van der Waals surface area contributed by atoms with Crippen molar-refractivity contribution in [3.05, 3.63) is 30.1 Å². The zero-order valence-corrected chi connectivity index (χ0v) is 8.56. The molecule has 0 aliphatic carbocycles. The third kappa shape index (κ3) is 4.14. The lowest BCUT2D eigenvalue weighted by molar-refractivity contribution is -0.124. The van der Waals surface area contributed by atoms with Crippen LogP contribution in [-0.2, 0) is 16.0 Å². The average Bonchev–Trinajstić information content (AvgIpc) is 2.16. The summed E-state index contributed by atoms with van der Waals surface area (Å²) in [6, 6.07) is 3.71. The predicted molar refractivity (Wildman–Crippen MR) is 54.0 cm³/mol. The Hall–Kier alpha value is -1.22. The molecule has 0 spiro atoms. The number of aromatic nitrogens is 1. The van der Waals surface area contributed by atoms with Gasteiger partial charge in [0.05, 0.1) is 6.10 Å². The summed E-state index contributed by atoms with van der Waals surface area (Å²) >= 11 is 0. The van der Waals surface area contributed by atoms with Crippen LogP contribution in [0.1, 0.15) is 19.4 Å². The molecule has 0 atom stereocenters. The van der Waals surface area contributed by atoms with Gasteiger partial charge in [-0.15, -0.1) is 0 Å². The zero-order chi connectivity index (χ0) is 10.4. The van der Waals surface area contributed by atoms with Gasteiger partial charge in [-0.05, 0) is 25.5 Å². The second kappa shape index (κ2) is 5.50. The molecule has 3 heteroatoms. The van der Waals surface area contributed by atoms with Gasteiger partial charge in [0.1, 0.15) is 6.61 Å².